The summed E-state index contributed by atoms with van der Waals surface area (Å²) in [5.74, 6) is 0.697. The maximum atomic E-state index is 13.0. The standard InChI is InChI=1S/C18H16N6O4/c1-10(5-6-14(26)20-9-25)24-17-16-11(3-2-4-12(16)18(24)27)13(7-19-17)28-15-8-21-23-22-15/h2-4,7-10H,5-6H2,1H3,(H,20,25,26)(H,21,22,23). The molecule has 1 aromatic carbocycles. The Balaban J connectivity index is 1.67. The number of carbonyl (C=O) groups is 3. The molecule has 3 heterocycles. The van der Waals surface area contributed by atoms with Crippen molar-refractivity contribution in [1.82, 2.24) is 25.7 Å². The molecular weight excluding hydrogens is 364 g/mol. The van der Waals surface area contributed by atoms with E-state index >= 15 is 0 Å². The number of imide groups is 1. The zero-order valence-electron chi connectivity index (χ0n) is 14.9. The fourth-order valence-corrected chi connectivity index (χ4v) is 3.29. The highest BCUT2D eigenvalue weighted by Gasteiger charge is 2.35. The Morgan fingerprint density at radius 1 is 1.39 bits per heavy atom. The van der Waals surface area contributed by atoms with Gasteiger partial charge >= 0.3 is 0 Å². The Labute approximate surface area is 158 Å². The van der Waals surface area contributed by atoms with Gasteiger partial charge in [-0.05, 0) is 19.4 Å². The van der Waals surface area contributed by atoms with Crippen LogP contribution in [0.25, 0.3) is 10.8 Å². The third-order valence-corrected chi connectivity index (χ3v) is 4.59. The summed E-state index contributed by atoms with van der Waals surface area (Å²) in [6, 6.07) is 5.08. The number of aromatic amines is 1. The van der Waals surface area contributed by atoms with Crippen LogP contribution in [-0.4, -0.2) is 44.7 Å². The van der Waals surface area contributed by atoms with Crippen LogP contribution in [0.1, 0.15) is 30.1 Å². The molecule has 1 unspecified atom stereocenters. The van der Waals surface area contributed by atoms with Crippen LogP contribution >= 0.6 is 0 Å². The van der Waals surface area contributed by atoms with Crippen molar-refractivity contribution in [2.75, 3.05) is 4.90 Å². The van der Waals surface area contributed by atoms with Crippen molar-refractivity contribution < 1.29 is 19.1 Å². The van der Waals surface area contributed by atoms with Gasteiger partial charge < -0.3 is 4.74 Å². The van der Waals surface area contributed by atoms with Crippen molar-refractivity contribution in [1.29, 1.82) is 0 Å². The second kappa shape index (κ2) is 7.06. The summed E-state index contributed by atoms with van der Waals surface area (Å²) in [7, 11) is 0. The largest absolute Gasteiger partial charge is 0.434 e. The lowest BCUT2D eigenvalue weighted by Gasteiger charge is -2.24. The number of hydrogen-bond acceptors (Lipinski definition) is 7. The molecule has 2 N–H and O–H groups in total. The number of hydrogen-bond donors (Lipinski definition) is 2. The molecule has 10 nitrogen and oxygen atoms in total. The third-order valence-electron chi connectivity index (χ3n) is 4.59. The molecule has 3 amide bonds. The summed E-state index contributed by atoms with van der Waals surface area (Å²) < 4.78 is 5.72. The van der Waals surface area contributed by atoms with Crippen LogP contribution in [0.4, 0.5) is 5.82 Å². The van der Waals surface area contributed by atoms with Gasteiger partial charge in [-0.2, -0.15) is 10.3 Å². The van der Waals surface area contributed by atoms with Crippen LogP contribution in [0.3, 0.4) is 0 Å². The number of pyridine rings is 1. The summed E-state index contributed by atoms with van der Waals surface area (Å²) in [4.78, 5) is 40.9. The van der Waals surface area contributed by atoms with E-state index in [0.717, 1.165) is 5.39 Å². The average molecular weight is 380 g/mol. The van der Waals surface area contributed by atoms with Crippen molar-refractivity contribution in [2.24, 2.45) is 0 Å². The van der Waals surface area contributed by atoms with Crippen LogP contribution in [0.2, 0.25) is 0 Å². The SMILES string of the molecule is CC(CCC(=O)NC=O)N1C(=O)c2cccc3c(Oc4cn[nH]n4)cnc1c23. The summed E-state index contributed by atoms with van der Waals surface area (Å²) in [5, 5.41) is 13.6. The molecule has 10 heteroatoms. The van der Waals surface area contributed by atoms with Crippen LogP contribution in [0, 0.1) is 0 Å². The first-order valence-electron chi connectivity index (χ1n) is 8.62. The van der Waals surface area contributed by atoms with Crippen LogP contribution in [-0.2, 0) is 9.59 Å². The molecule has 28 heavy (non-hydrogen) atoms. The van der Waals surface area contributed by atoms with Crippen molar-refractivity contribution in [2.45, 2.75) is 25.8 Å². The van der Waals surface area contributed by atoms with Gasteiger partial charge in [0.1, 0.15) is 12.0 Å². The van der Waals surface area contributed by atoms with E-state index in [9.17, 15) is 14.4 Å². The molecule has 1 aliphatic rings. The minimum atomic E-state index is -0.388. The first-order chi connectivity index (χ1) is 13.6. The number of anilines is 1. The van der Waals surface area contributed by atoms with E-state index in [4.69, 9.17) is 4.74 Å². The molecule has 142 valence electrons. The van der Waals surface area contributed by atoms with Crippen molar-refractivity contribution in [3.8, 4) is 11.6 Å². The van der Waals surface area contributed by atoms with Gasteiger partial charge in [0.2, 0.25) is 12.3 Å². The Hall–Kier alpha value is -3.82. The number of rotatable bonds is 7. The Morgan fingerprint density at radius 2 is 2.25 bits per heavy atom. The van der Waals surface area contributed by atoms with Gasteiger partial charge in [0, 0.05) is 23.2 Å². The lowest BCUT2D eigenvalue weighted by molar-refractivity contribution is -0.125. The fourth-order valence-electron chi connectivity index (χ4n) is 3.29. The molecular formula is C18H16N6O4. The molecule has 4 rings (SSSR count). The highest BCUT2D eigenvalue weighted by atomic mass is 16.5. The van der Waals surface area contributed by atoms with E-state index in [1.165, 1.54) is 12.4 Å². The fraction of sp³-hybridized carbons (Fsp3) is 0.222. The molecule has 0 saturated carbocycles. The lowest BCUT2D eigenvalue weighted by Crippen LogP contribution is -2.37. The maximum absolute atomic E-state index is 13.0. The van der Waals surface area contributed by atoms with E-state index in [2.05, 4.69) is 25.7 Å². The molecule has 1 aliphatic heterocycles. The van der Waals surface area contributed by atoms with Gasteiger partial charge in [0.25, 0.3) is 11.8 Å². The van der Waals surface area contributed by atoms with Gasteiger partial charge in [0.05, 0.1) is 11.8 Å². The zero-order valence-corrected chi connectivity index (χ0v) is 14.9. The van der Waals surface area contributed by atoms with Gasteiger partial charge in [-0.1, -0.05) is 12.1 Å². The highest BCUT2D eigenvalue weighted by Crippen LogP contribution is 2.41. The lowest BCUT2D eigenvalue weighted by atomic mass is 10.1. The Kier molecular flexibility index (Phi) is 4.44. The van der Waals surface area contributed by atoms with Crippen molar-refractivity contribution in [3.05, 3.63) is 36.2 Å². The van der Waals surface area contributed by atoms with Crippen molar-refractivity contribution >= 4 is 34.8 Å². The molecule has 1 atom stereocenters. The molecule has 2 aromatic heterocycles. The molecule has 0 aliphatic carbocycles. The normalized spacial score (nSPS) is 13.6. The number of nitrogens with one attached hydrogen (secondary N) is 2. The predicted molar refractivity (Wildman–Crippen MR) is 97.9 cm³/mol. The van der Waals surface area contributed by atoms with Gasteiger partial charge in [-0.3, -0.25) is 24.6 Å². The third kappa shape index (κ3) is 2.94. The minimum absolute atomic E-state index is 0.122. The molecule has 0 radical (unpaired) electrons. The topological polar surface area (TPSA) is 130 Å². The Bertz CT molecular complexity index is 1070. The van der Waals surface area contributed by atoms with Crippen LogP contribution < -0.4 is 15.0 Å². The van der Waals surface area contributed by atoms with Crippen LogP contribution in [0.15, 0.2) is 30.6 Å². The second-order valence-corrected chi connectivity index (χ2v) is 6.33. The average Bonchev–Trinajstić information content (AvgIpc) is 3.30. The first-order valence-corrected chi connectivity index (χ1v) is 8.62. The molecule has 0 spiro atoms. The number of H-pyrrole nitrogens is 1. The highest BCUT2D eigenvalue weighted by molar-refractivity contribution is 6.25. The Morgan fingerprint density at radius 3 is 3.00 bits per heavy atom. The minimum Gasteiger partial charge on any atom is -0.434 e. The van der Waals surface area contributed by atoms with Crippen molar-refractivity contribution in [3.63, 3.8) is 0 Å². The summed E-state index contributed by atoms with van der Waals surface area (Å²) >= 11 is 0. The van der Waals surface area contributed by atoms with E-state index < -0.39 is 0 Å². The summed E-state index contributed by atoms with van der Waals surface area (Å²) in [6.07, 6.45) is 3.83. The monoisotopic (exact) mass is 380 g/mol. The molecule has 3 aromatic rings. The van der Waals surface area contributed by atoms with E-state index in [-0.39, 0.29) is 24.3 Å². The number of aromatic nitrogens is 4. The molecule has 0 saturated heterocycles. The number of amides is 3. The van der Waals surface area contributed by atoms with Gasteiger partial charge in [-0.25, -0.2) is 4.98 Å². The number of ether oxygens (including phenoxy) is 1. The molecule has 0 fully saturated rings. The van der Waals surface area contributed by atoms with Gasteiger partial charge in [0.15, 0.2) is 5.75 Å². The zero-order chi connectivity index (χ0) is 19.7. The first kappa shape index (κ1) is 17.6. The summed E-state index contributed by atoms with van der Waals surface area (Å²) in [5.41, 5.74) is 0.523. The van der Waals surface area contributed by atoms with Crippen LogP contribution in [0.5, 0.6) is 11.6 Å². The van der Waals surface area contributed by atoms with E-state index in [0.29, 0.717) is 41.2 Å². The smallest absolute Gasteiger partial charge is 0.260 e. The maximum Gasteiger partial charge on any atom is 0.260 e. The predicted octanol–water partition coefficient (Wildman–Crippen LogP) is 1.55. The van der Waals surface area contributed by atoms with E-state index in [1.54, 1.807) is 17.0 Å². The number of benzene rings is 1. The quantitative estimate of drug-likeness (QED) is 0.595. The summed E-state index contributed by atoms with van der Waals surface area (Å²) in [6.45, 7) is 1.84. The molecule has 0 bridgehead atoms. The van der Waals surface area contributed by atoms with Gasteiger partial charge in [-0.15, -0.1) is 5.10 Å². The van der Waals surface area contributed by atoms with E-state index in [1.807, 2.05) is 13.0 Å². The number of carbonyl (C=O) groups excluding carboxylic acids is 3. The number of nitrogens with zero attached hydrogens (tertiary/aromatic N) is 4. The second-order valence-electron chi connectivity index (χ2n) is 6.33.